The van der Waals surface area contributed by atoms with E-state index in [0.717, 1.165) is 28.3 Å². The molecule has 0 saturated heterocycles. The fourth-order valence-corrected chi connectivity index (χ4v) is 4.20. The van der Waals surface area contributed by atoms with Crippen molar-refractivity contribution in [2.75, 3.05) is 7.11 Å². The third-order valence-corrected chi connectivity index (χ3v) is 6.25. The molecule has 4 nitrogen and oxygen atoms in total. The Bertz CT molecular complexity index is 1280. The molecule has 1 unspecified atom stereocenters. The van der Waals surface area contributed by atoms with Crippen molar-refractivity contribution >= 4 is 13.9 Å². The fraction of sp³-hybridized carbons (Fsp3) is 0.179. The number of carbonyl (C=O) groups excluding carboxylic acids is 1. The Kier molecular flexibility index (Phi) is 6.39. The van der Waals surface area contributed by atoms with Crippen LogP contribution in [0.4, 0.5) is 0 Å². The van der Waals surface area contributed by atoms with Gasteiger partial charge in [0.1, 0.15) is 13.8 Å². The van der Waals surface area contributed by atoms with Crippen molar-refractivity contribution in [3.05, 3.63) is 113 Å². The minimum absolute atomic E-state index is 0.0362. The summed E-state index contributed by atoms with van der Waals surface area (Å²) < 4.78 is 5.30. The summed E-state index contributed by atoms with van der Waals surface area (Å²) in [4.78, 5) is 19.8. The molecule has 4 aromatic rings. The van der Waals surface area contributed by atoms with Crippen molar-refractivity contribution in [3.8, 4) is 17.2 Å². The highest BCUT2D eigenvalue weighted by Gasteiger charge is 2.21. The van der Waals surface area contributed by atoms with E-state index in [1.807, 2.05) is 72.9 Å². The summed E-state index contributed by atoms with van der Waals surface area (Å²) >= 11 is 0. The van der Waals surface area contributed by atoms with Crippen LogP contribution in [0.2, 0.25) is 19.6 Å². The maximum atomic E-state index is 13.1. The molecule has 0 saturated carbocycles. The highest BCUT2D eigenvalue weighted by Crippen LogP contribution is 2.31. The lowest BCUT2D eigenvalue weighted by Crippen LogP contribution is -2.16. The second-order valence-corrected chi connectivity index (χ2v) is 13.8. The molecule has 166 valence electrons. The zero-order valence-electron chi connectivity index (χ0n) is 19.4. The van der Waals surface area contributed by atoms with Crippen molar-refractivity contribution in [2.24, 2.45) is 0 Å². The number of carbonyl (C=O) groups is 1. The van der Waals surface area contributed by atoms with Gasteiger partial charge < -0.3 is 14.7 Å². The van der Waals surface area contributed by atoms with Gasteiger partial charge in [0.2, 0.25) is 5.78 Å². The average molecular weight is 453 g/mol. The summed E-state index contributed by atoms with van der Waals surface area (Å²) in [5.41, 5.74) is 8.60. The lowest BCUT2D eigenvalue weighted by molar-refractivity contribution is 0.103. The van der Waals surface area contributed by atoms with Crippen molar-refractivity contribution in [1.82, 2.24) is 9.97 Å². The SMILES string of the molecule is COc1ccc(C(c2ccc[nH]2)c2ccc(C(=O)c3ccc(C#C[Si](C)(C)C)cc3)[nH]2)cc1. The number of ketones is 1. The van der Waals surface area contributed by atoms with Gasteiger partial charge in [0.25, 0.3) is 0 Å². The molecule has 2 aromatic heterocycles. The Hall–Kier alpha value is -3.75. The summed E-state index contributed by atoms with van der Waals surface area (Å²) in [7, 11) is 0.223. The van der Waals surface area contributed by atoms with Crippen molar-refractivity contribution in [1.29, 1.82) is 0 Å². The zero-order chi connectivity index (χ0) is 23.4. The maximum Gasteiger partial charge on any atom is 0.209 e. The molecule has 0 bridgehead atoms. The highest BCUT2D eigenvalue weighted by atomic mass is 28.3. The maximum absolute atomic E-state index is 13.1. The van der Waals surface area contributed by atoms with Gasteiger partial charge in [0.05, 0.1) is 18.7 Å². The third kappa shape index (κ3) is 5.36. The molecule has 0 aliphatic carbocycles. The molecule has 1 atom stereocenters. The van der Waals surface area contributed by atoms with Gasteiger partial charge >= 0.3 is 0 Å². The molecule has 4 rings (SSSR count). The lowest BCUT2D eigenvalue weighted by atomic mass is 9.92. The molecule has 5 heteroatoms. The second kappa shape index (κ2) is 9.39. The Balaban J connectivity index is 1.60. The molecule has 2 aromatic carbocycles. The van der Waals surface area contributed by atoms with Crippen LogP contribution in [-0.4, -0.2) is 30.9 Å². The number of aromatic amines is 2. The van der Waals surface area contributed by atoms with Gasteiger partial charge in [-0.2, -0.15) is 0 Å². The average Bonchev–Trinajstić information content (AvgIpc) is 3.51. The largest absolute Gasteiger partial charge is 0.497 e. The zero-order valence-corrected chi connectivity index (χ0v) is 20.4. The van der Waals surface area contributed by atoms with Gasteiger partial charge in [-0.1, -0.05) is 37.7 Å². The molecule has 0 spiro atoms. The van der Waals surface area contributed by atoms with Crippen LogP contribution in [0.15, 0.2) is 79.0 Å². The van der Waals surface area contributed by atoms with Gasteiger partial charge in [-0.05, 0) is 66.2 Å². The summed E-state index contributed by atoms with van der Waals surface area (Å²) in [6, 6.07) is 23.4. The number of methoxy groups -OCH3 is 1. The molecule has 0 aliphatic rings. The number of hydrogen-bond donors (Lipinski definition) is 2. The molecule has 2 heterocycles. The van der Waals surface area contributed by atoms with Gasteiger partial charge in [-0.15, -0.1) is 5.54 Å². The van der Waals surface area contributed by atoms with Crippen LogP contribution in [0.5, 0.6) is 5.75 Å². The second-order valence-electron chi connectivity index (χ2n) is 9.07. The van der Waals surface area contributed by atoms with Gasteiger partial charge in [0, 0.05) is 28.7 Å². The van der Waals surface area contributed by atoms with E-state index >= 15 is 0 Å². The summed E-state index contributed by atoms with van der Waals surface area (Å²) in [6.07, 6.45) is 1.91. The topological polar surface area (TPSA) is 57.9 Å². The number of aromatic nitrogens is 2. The first kappa shape index (κ1) is 22.4. The van der Waals surface area contributed by atoms with Gasteiger partial charge in [-0.25, -0.2) is 0 Å². The fourth-order valence-electron chi connectivity index (χ4n) is 3.68. The quantitative estimate of drug-likeness (QED) is 0.214. The molecular weight excluding hydrogens is 424 g/mol. The first-order valence-electron chi connectivity index (χ1n) is 11.0. The van der Waals surface area contributed by atoms with E-state index < -0.39 is 8.07 Å². The Morgan fingerprint density at radius 3 is 2.24 bits per heavy atom. The van der Waals surface area contributed by atoms with Gasteiger partial charge in [0.15, 0.2) is 0 Å². The number of benzene rings is 2. The molecule has 2 N–H and O–H groups in total. The number of H-pyrrole nitrogens is 2. The van der Waals surface area contributed by atoms with Crippen LogP contribution in [0.3, 0.4) is 0 Å². The lowest BCUT2D eigenvalue weighted by Gasteiger charge is -2.16. The summed E-state index contributed by atoms with van der Waals surface area (Å²) in [6.45, 7) is 6.65. The molecule has 0 amide bonds. The van der Waals surface area contributed by atoms with E-state index in [9.17, 15) is 4.79 Å². The van der Waals surface area contributed by atoms with Crippen LogP contribution >= 0.6 is 0 Å². The van der Waals surface area contributed by atoms with E-state index in [2.05, 4.69) is 47.1 Å². The molecule has 0 aliphatic heterocycles. The highest BCUT2D eigenvalue weighted by molar-refractivity contribution is 6.83. The summed E-state index contributed by atoms with van der Waals surface area (Å²) in [5, 5.41) is 0. The minimum Gasteiger partial charge on any atom is -0.497 e. The van der Waals surface area contributed by atoms with Crippen LogP contribution in [-0.2, 0) is 0 Å². The van der Waals surface area contributed by atoms with E-state index in [-0.39, 0.29) is 11.7 Å². The number of hydrogen-bond acceptors (Lipinski definition) is 2. The monoisotopic (exact) mass is 452 g/mol. The van der Waals surface area contributed by atoms with E-state index in [4.69, 9.17) is 4.74 Å². The number of rotatable bonds is 6. The molecule has 0 fully saturated rings. The third-order valence-electron chi connectivity index (χ3n) is 5.38. The van der Waals surface area contributed by atoms with E-state index in [1.165, 1.54) is 0 Å². The number of nitrogens with one attached hydrogen (secondary N) is 2. The van der Waals surface area contributed by atoms with Crippen molar-refractivity contribution < 1.29 is 9.53 Å². The van der Waals surface area contributed by atoms with Gasteiger partial charge in [-0.3, -0.25) is 4.79 Å². The van der Waals surface area contributed by atoms with Crippen LogP contribution in [0, 0.1) is 11.5 Å². The Labute approximate surface area is 196 Å². The van der Waals surface area contributed by atoms with Crippen molar-refractivity contribution in [3.63, 3.8) is 0 Å². The smallest absolute Gasteiger partial charge is 0.209 e. The standard InChI is InChI=1S/C28H28N2O2Si/c1-32-23-13-11-21(12-14-23)27(24-6-5-18-29-24)25-15-16-26(30-25)28(31)22-9-7-20(8-10-22)17-19-33(2,3)4/h5-16,18,27,29-30H,1-4H3. The molecular formula is C28H28N2O2Si. The summed E-state index contributed by atoms with van der Waals surface area (Å²) in [5.74, 6) is 3.96. The minimum atomic E-state index is -1.44. The Morgan fingerprint density at radius 1 is 0.909 bits per heavy atom. The first-order valence-corrected chi connectivity index (χ1v) is 14.5. The van der Waals surface area contributed by atoms with E-state index in [1.54, 1.807) is 7.11 Å². The normalized spacial score (nSPS) is 12.0. The predicted molar refractivity (Wildman–Crippen MR) is 136 cm³/mol. The molecule has 0 radical (unpaired) electrons. The molecule has 33 heavy (non-hydrogen) atoms. The van der Waals surface area contributed by atoms with Crippen LogP contribution in [0.25, 0.3) is 0 Å². The van der Waals surface area contributed by atoms with Crippen molar-refractivity contribution in [2.45, 2.75) is 25.6 Å². The number of ether oxygens (including phenoxy) is 1. The first-order chi connectivity index (χ1) is 15.8. The predicted octanol–water partition coefficient (Wildman–Crippen LogP) is 5.99. The van der Waals surface area contributed by atoms with E-state index in [0.29, 0.717) is 11.3 Å². The van der Waals surface area contributed by atoms with Crippen LogP contribution < -0.4 is 4.74 Å². The Morgan fingerprint density at radius 2 is 1.64 bits per heavy atom. The van der Waals surface area contributed by atoms with Crippen LogP contribution in [0.1, 0.15) is 44.5 Å².